The quantitative estimate of drug-likeness (QED) is 0.613. The molecule has 3 nitrogen and oxygen atoms in total. The lowest BCUT2D eigenvalue weighted by Crippen LogP contribution is -2.25. The van der Waals surface area contributed by atoms with E-state index < -0.39 is 0 Å². The first-order chi connectivity index (χ1) is 8.52. The third-order valence-electron chi connectivity index (χ3n) is 2.79. The van der Waals surface area contributed by atoms with E-state index in [-0.39, 0.29) is 5.91 Å². The van der Waals surface area contributed by atoms with Crippen molar-refractivity contribution in [2.45, 2.75) is 33.1 Å². The summed E-state index contributed by atoms with van der Waals surface area (Å²) in [5, 5.41) is 3.28. The molecule has 18 heavy (non-hydrogen) atoms. The van der Waals surface area contributed by atoms with E-state index in [0.29, 0.717) is 28.7 Å². The average Bonchev–Trinajstić information content (AvgIpc) is 2.31. The second-order valence-corrected chi connectivity index (χ2v) is 5.25. The van der Waals surface area contributed by atoms with Crippen LogP contribution in [0.2, 0.25) is 5.02 Å². The fourth-order valence-electron chi connectivity index (χ4n) is 1.71. The molecule has 1 aromatic rings. The highest BCUT2D eigenvalue weighted by Gasteiger charge is 2.10. The van der Waals surface area contributed by atoms with Gasteiger partial charge in [-0.05, 0) is 24.5 Å². The number of nitrogen functional groups attached to an aromatic ring is 1. The van der Waals surface area contributed by atoms with Crippen LogP contribution in [-0.2, 0) is 0 Å². The molecule has 0 bridgehead atoms. The minimum atomic E-state index is -0.153. The van der Waals surface area contributed by atoms with Gasteiger partial charge in [-0.3, -0.25) is 4.79 Å². The van der Waals surface area contributed by atoms with Gasteiger partial charge in [0.15, 0.2) is 0 Å². The van der Waals surface area contributed by atoms with Crippen molar-refractivity contribution in [3.05, 3.63) is 28.8 Å². The summed E-state index contributed by atoms with van der Waals surface area (Å²) in [5.74, 6) is 0.559. The summed E-state index contributed by atoms with van der Waals surface area (Å²) in [7, 11) is 0. The molecule has 1 aromatic carbocycles. The van der Waals surface area contributed by atoms with Crippen molar-refractivity contribution >= 4 is 23.2 Å². The lowest BCUT2D eigenvalue weighted by Gasteiger charge is -2.09. The van der Waals surface area contributed by atoms with Crippen molar-refractivity contribution in [1.29, 1.82) is 0 Å². The predicted molar refractivity (Wildman–Crippen MR) is 76.9 cm³/mol. The standard InChI is InChI=1S/C14H21ClN2O/c1-10(2)6-3-4-9-17-14(18)11-7-5-8-12(15)13(11)16/h5,7-8,10H,3-4,6,9,16H2,1-2H3,(H,17,18). The molecule has 0 radical (unpaired) electrons. The molecule has 0 saturated carbocycles. The first-order valence-corrected chi connectivity index (χ1v) is 6.72. The highest BCUT2D eigenvalue weighted by molar-refractivity contribution is 6.33. The summed E-state index contributed by atoms with van der Waals surface area (Å²) in [6.45, 7) is 5.08. The minimum absolute atomic E-state index is 0.153. The zero-order valence-corrected chi connectivity index (χ0v) is 11.8. The fraction of sp³-hybridized carbons (Fsp3) is 0.500. The molecule has 3 N–H and O–H groups in total. The number of halogens is 1. The molecule has 1 rings (SSSR count). The highest BCUT2D eigenvalue weighted by atomic mass is 35.5. The van der Waals surface area contributed by atoms with Crippen molar-refractivity contribution in [3.63, 3.8) is 0 Å². The van der Waals surface area contributed by atoms with Gasteiger partial charge >= 0.3 is 0 Å². The molecule has 1 amide bonds. The van der Waals surface area contributed by atoms with Gasteiger partial charge in [0.2, 0.25) is 0 Å². The number of nitrogens with two attached hydrogens (primary N) is 1. The fourth-order valence-corrected chi connectivity index (χ4v) is 1.88. The maximum atomic E-state index is 11.9. The van der Waals surface area contributed by atoms with Crippen LogP contribution in [0, 0.1) is 5.92 Å². The number of anilines is 1. The Morgan fingerprint density at radius 1 is 1.39 bits per heavy atom. The van der Waals surface area contributed by atoms with Gasteiger partial charge in [-0.2, -0.15) is 0 Å². The number of benzene rings is 1. The first kappa shape index (κ1) is 14.8. The molecule has 0 unspecified atom stereocenters. The number of hydrogen-bond donors (Lipinski definition) is 2. The molecule has 0 heterocycles. The van der Waals surface area contributed by atoms with Crippen LogP contribution in [0.1, 0.15) is 43.5 Å². The monoisotopic (exact) mass is 268 g/mol. The maximum absolute atomic E-state index is 11.9. The van der Waals surface area contributed by atoms with E-state index in [1.165, 1.54) is 6.42 Å². The summed E-state index contributed by atoms with van der Waals surface area (Å²) >= 11 is 5.87. The van der Waals surface area contributed by atoms with Crippen molar-refractivity contribution in [2.75, 3.05) is 12.3 Å². The number of carbonyl (C=O) groups is 1. The molecule has 4 heteroatoms. The molecule has 0 fully saturated rings. The van der Waals surface area contributed by atoms with Crippen LogP contribution in [0.15, 0.2) is 18.2 Å². The Morgan fingerprint density at radius 3 is 2.78 bits per heavy atom. The van der Waals surface area contributed by atoms with Crippen LogP contribution >= 0.6 is 11.6 Å². The van der Waals surface area contributed by atoms with Gasteiger partial charge in [-0.25, -0.2) is 0 Å². The zero-order valence-electron chi connectivity index (χ0n) is 11.0. The first-order valence-electron chi connectivity index (χ1n) is 6.34. The minimum Gasteiger partial charge on any atom is -0.397 e. The molecule has 0 spiro atoms. The largest absolute Gasteiger partial charge is 0.397 e. The van der Waals surface area contributed by atoms with Gasteiger partial charge in [-0.15, -0.1) is 0 Å². The van der Waals surface area contributed by atoms with Crippen molar-refractivity contribution in [1.82, 2.24) is 5.32 Å². The van der Waals surface area contributed by atoms with E-state index in [2.05, 4.69) is 19.2 Å². The van der Waals surface area contributed by atoms with Gasteiger partial charge in [-0.1, -0.05) is 44.4 Å². The summed E-state index contributed by atoms with van der Waals surface area (Å²) in [4.78, 5) is 11.9. The van der Waals surface area contributed by atoms with Gasteiger partial charge in [0, 0.05) is 6.54 Å². The second-order valence-electron chi connectivity index (χ2n) is 4.85. The Hall–Kier alpha value is -1.22. The smallest absolute Gasteiger partial charge is 0.253 e. The van der Waals surface area contributed by atoms with Gasteiger partial charge < -0.3 is 11.1 Å². The van der Waals surface area contributed by atoms with Gasteiger partial charge in [0.25, 0.3) is 5.91 Å². The summed E-state index contributed by atoms with van der Waals surface area (Å²) in [5.41, 5.74) is 6.56. The van der Waals surface area contributed by atoms with Crippen molar-refractivity contribution in [2.24, 2.45) is 5.92 Å². The van der Waals surface area contributed by atoms with Crippen molar-refractivity contribution in [3.8, 4) is 0 Å². The number of nitrogens with one attached hydrogen (secondary N) is 1. The zero-order chi connectivity index (χ0) is 13.5. The molecule has 100 valence electrons. The summed E-state index contributed by atoms with van der Waals surface area (Å²) < 4.78 is 0. The van der Waals surface area contributed by atoms with Crippen LogP contribution in [0.4, 0.5) is 5.69 Å². The molecular weight excluding hydrogens is 248 g/mol. The molecule has 0 atom stereocenters. The Labute approximate surface area is 114 Å². The van der Waals surface area contributed by atoms with Crippen LogP contribution in [-0.4, -0.2) is 12.5 Å². The maximum Gasteiger partial charge on any atom is 0.253 e. The van der Waals surface area contributed by atoms with Crippen LogP contribution < -0.4 is 11.1 Å². The molecular formula is C14H21ClN2O. The third kappa shape index (κ3) is 4.57. The molecule has 0 saturated heterocycles. The Balaban J connectivity index is 2.39. The second kappa shape index (κ2) is 7.27. The number of unbranched alkanes of at least 4 members (excludes halogenated alkanes) is 1. The molecule has 0 aromatic heterocycles. The number of para-hydroxylation sites is 1. The number of carbonyl (C=O) groups excluding carboxylic acids is 1. The lowest BCUT2D eigenvalue weighted by atomic mass is 10.1. The van der Waals surface area contributed by atoms with Gasteiger partial charge in [0.1, 0.15) is 0 Å². The number of hydrogen-bond acceptors (Lipinski definition) is 2. The van der Waals surface area contributed by atoms with E-state index in [0.717, 1.165) is 12.8 Å². The van der Waals surface area contributed by atoms with Crippen LogP contribution in [0.5, 0.6) is 0 Å². The van der Waals surface area contributed by atoms with E-state index >= 15 is 0 Å². The van der Waals surface area contributed by atoms with E-state index in [1.807, 2.05) is 0 Å². The normalized spacial score (nSPS) is 10.7. The molecule has 0 aliphatic heterocycles. The number of amides is 1. The van der Waals surface area contributed by atoms with Crippen LogP contribution in [0.3, 0.4) is 0 Å². The Morgan fingerprint density at radius 2 is 2.11 bits per heavy atom. The van der Waals surface area contributed by atoms with E-state index in [9.17, 15) is 4.79 Å². The Kier molecular flexibility index (Phi) is 5.99. The average molecular weight is 269 g/mol. The molecule has 0 aliphatic rings. The van der Waals surface area contributed by atoms with Crippen molar-refractivity contribution < 1.29 is 4.79 Å². The topological polar surface area (TPSA) is 55.1 Å². The van der Waals surface area contributed by atoms with Crippen LogP contribution in [0.25, 0.3) is 0 Å². The predicted octanol–water partition coefficient (Wildman–Crippen LogP) is 3.48. The summed E-state index contributed by atoms with van der Waals surface area (Å²) in [6, 6.07) is 5.09. The van der Waals surface area contributed by atoms with E-state index in [1.54, 1.807) is 18.2 Å². The van der Waals surface area contributed by atoms with Gasteiger partial charge in [0.05, 0.1) is 16.3 Å². The van der Waals surface area contributed by atoms with E-state index in [4.69, 9.17) is 17.3 Å². The third-order valence-corrected chi connectivity index (χ3v) is 3.12. The lowest BCUT2D eigenvalue weighted by molar-refractivity contribution is 0.0954. The molecule has 0 aliphatic carbocycles. The highest BCUT2D eigenvalue weighted by Crippen LogP contribution is 2.22. The summed E-state index contributed by atoms with van der Waals surface area (Å²) in [6.07, 6.45) is 3.31. The Bertz CT molecular complexity index is 405. The number of rotatable bonds is 6. The SMILES string of the molecule is CC(C)CCCCNC(=O)c1cccc(Cl)c1N.